The Morgan fingerprint density at radius 2 is 1.77 bits per heavy atom. The summed E-state index contributed by atoms with van der Waals surface area (Å²) < 4.78 is 5.57. The monoisotopic (exact) mass is 315 g/mol. The van der Waals surface area contributed by atoms with Crippen molar-refractivity contribution in [2.24, 2.45) is 0 Å². The Morgan fingerprint density at radius 3 is 2.45 bits per heavy atom. The van der Waals surface area contributed by atoms with Crippen molar-refractivity contribution in [3.63, 3.8) is 0 Å². The van der Waals surface area contributed by atoms with Gasteiger partial charge in [-0.2, -0.15) is 0 Å². The van der Waals surface area contributed by atoms with Gasteiger partial charge in [-0.1, -0.05) is 54.1 Å². The van der Waals surface area contributed by atoms with Crippen molar-refractivity contribution in [3.05, 3.63) is 65.2 Å². The van der Waals surface area contributed by atoms with Crippen LogP contribution in [0, 0.1) is 0 Å². The van der Waals surface area contributed by atoms with Gasteiger partial charge in [-0.25, -0.2) is 0 Å². The van der Waals surface area contributed by atoms with Crippen LogP contribution in [0.3, 0.4) is 0 Å². The van der Waals surface area contributed by atoms with E-state index in [1.54, 1.807) is 12.1 Å². The van der Waals surface area contributed by atoms with Gasteiger partial charge >= 0.3 is 0 Å². The Balaban J connectivity index is 1.62. The average molecular weight is 316 g/mol. The molecule has 22 heavy (non-hydrogen) atoms. The lowest BCUT2D eigenvalue weighted by atomic mass is 10.2. The first-order valence-electron chi connectivity index (χ1n) is 7.45. The Kier molecular flexibility index (Phi) is 4.64. The maximum atomic E-state index is 12.5. The van der Waals surface area contributed by atoms with Crippen molar-refractivity contribution in [3.8, 4) is 5.75 Å². The van der Waals surface area contributed by atoms with Crippen molar-refractivity contribution in [2.45, 2.75) is 25.4 Å². The number of carbonyl (C=O) groups is 1. The average Bonchev–Trinajstić information content (AvgIpc) is 3.37. The molecule has 1 aliphatic carbocycles. The zero-order valence-electron chi connectivity index (χ0n) is 12.2. The van der Waals surface area contributed by atoms with E-state index in [0.29, 0.717) is 23.4 Å². The minimum Gasteiger partial charge on any atom is -0.482 e. The molecular formula is C18H18ClNO2. The summed E-state index contributed by atoms with van der Waals surface area (Å²) in [6.45, 7) is 0.656. The van der Waals surface area contributed by atoms with E-state index in [1.165, 1.54) is 0 Å². The zero-order chi connectivity index (χ0) is 15.4. The molecule has 0 spiro atoms. The minimum atomic E-state index is 0.00581. The summed E-state index contributed by atoms with van der Waals surface area (Å²) in [5.74, 6) is 0.555. The van der Waals surface area contributed by atoms with Gasteiger partial charge in [0.05, 0.1) is 5.02 Å². The van der Waals surface area contributed by atoms with E-state index in [4.69, 9.17) is 16.3 Å². The molecule has 0 aliphatic heterocycles. The van der Waals surface area contributed by atoms with E-state index in [9.17, 15) is 4.79 Å². The van der Waals surface area contributed by atoms with E-state index in [2.05, 4.69) is 0 Å². The van der Waals surface area contributed by atoms with Crippen molar-refractivity contribution < 1.29 is 9.53 Å². The molecule has 0 saturated heterocycles. The number of amides is 1. The molecule has 0 bridgehead atoms. The molecule has 0 atom stereocenters. The smallest absolute Gasteiger partial charge is 0.261 e. The fourth-order valence-corrected chi connectivity index (χ4v) is 2.56. The number of benzene rings is 2. The molecule has 4 heteroatoms. The van der Waals surface area contributed by atoms with E-state index in [-0.39, 0.29) is 12.5 Å². The molecule has 1 saturated carbocycles. The summed E-state index contributed by atoms with van der Waals surface area (Å²) in [6, 6.07) is 17.6. The summed E-state index contributed by atoms with van der Waals surface area (Å²) in [5, 5.41) is 0.524. The van der Waals surface area contributed by atoms with Gasteiger partial charge in [0.1, 0.15) is 5.75 Å². The van der Waals surface area contributed by atoms with E-state index in [1.807, 2.05) is 47.4 Å². The van der Waals surface area contributed by atoms with Crippen LogP contribution >= 0.6 is 11.6 Å². The maximum Gasteiger partial charge on any atom is 0.261 e. The zero-order valence-corrected chi connectivity index (χ0v) is 13.0. The number of halogens is 1. The molecule has 3 nitrogen and oxygen atoms in total. The molecule has 0 aromatic heterocycles. The molecule has 1 fully saturated rings. The highest BCUT2D eigenvalue weighted by molar-refractivity contribution is 6.32. The third-order valence-electron chi connectivity index (χ3n) is 3.69. The first kappa shape index (κ1) is 14.9. The molecule has 2 aromatic carbocycles. The van der Waals surface area contributed by atoms with Gasteiger partial charge in [0.25, 0.3) is 5.91 Å². The fourth-order valence-electron chi connectivity index (χ4n) is 2.37. The molecule has 0 heterocycles. The van der Waals surface area contributed by atoms with Crippen LogP contribution in [0.4, 0.5) is 0 Å². The Bertz CT molecular complexity index is 641. The van der Waals surface area contributed by atoms with Crippen molar-refractivity contribution in [1.82, 2.24) is 4.90 Å². The predicted molar refractivity (Wildman–Crippen MR) is 87.0 cm³/mol. The molecule has 2 aromatic rings. The third kappa shape index (κ3) is 3.80. The third-order valence-corrected chi connectivity index (χ3v) is 4.00. The largest absolute Gasteiger partial charge is 0.482 e. The van der Waals surface area contributed by atoms with Gasteiger partial charge in [-0.3, -0.25) is 4.79 Å². The minimum absolute atomic E-state index is 0.00581. The van der Waals surface area contributed by atoms with Crippen molar-refractivity contribution >= 4 is 17.5 Å². The number of para-hydroxylation sites is 1. The van der Waals surface area contributed by atoms with Crippen LogP contribution in [-0.4, -0.2) is 23.5 Å². The highest BCUT2D eigenvalue weighted by Gasteiger charge is 2.32. The van der Waals surface area contributed by atoms with Gasteiger partial charge in [0, 0.05) is 12.6 Å². The van der Waals surface area contributed by atoms with Crippen LogP contribution in [0.1, 0.15) is 18.4 Å². The van der Waals surface area contributed by atoms with Crippen LogP contribution in [0.15, 0.2) is 54.6 Å². The highest BCUT2D eigenvalue weighted by atomic mass is 35.5. The molecule has 0 unspecified atom stereocenters. The summed E-state index contributed by atoms with van der Waals surface area (Å²) in [5.41, 5.74) is 1.14. The van der Waals surface area contributed by atoms with Crippen molar-refractivity contribution in [2.75, 3.05) is 6.61 Å². The predicted octanol–water partition coefficient (Wildman–Crippen LogP) is 3.91. The van der Waals surface area contributed by atoms with Crippen LogP contribution < -0.4 is 4.74 Å². The number of hydrogen-bond donors (Lipinski definition) is 0. The molecule has 1 amide bonds. The standard InChI is InChI=1S/C18H18ClNO2/c19-16-8-4-5-9-17(16)22-13-18(21)20(15-10-11-15)12-14-6-2-1-3-7-14/h1-9,15H,10-13H2. The van der Waals surface area contributed by atoms with Crippen LogP contribution in [-0.2, 0) is 11.3 Å². The molecule has 0 radical (unpaired) electrons. The summed E-state index contributed by atoms with van der Waals surface area (Å²) in [7, 11) is 0. The summed E-state index contributed by atoms with van der Waals surface area (Å²) in [6.07, 6.45) is 2.15. The lowest BCUT2D eigenvalue weighted by molar-refractivity contribution is -0.134. The first-order chi connectivity index (χ1) is 10.7. The molecule has 3 rings (SSSR count). The molecular weight excluding hydrogens is 298 g/mol. The lowest BCUT2D eigenvalue weighted by Gasteiger charge is -2.22. The lowest BCUT2D eigenvalue weighted by Crippen LogP contribution is -2.36. The second kappa shape index (κ2) is 6.84. The van der Waals surface area contributed by atoms with E-state index >= 15 is 0 Å². The fraction of sp³-hybridized carbons (Fsp3) is 0.278. The Labute approximate surface area is 135 Å². The first-order valence-corrected chi connectivity index (χ1v) is 7.82. The molecule has 1 aliphatic rings. The van der Waals surface area contributed by atoms with Gasteiger partial charge < -0.3 is 9.64 Å². The molecule has 114 valence electrons. The number of rotatable bonds is 6. The Hall–Kier alpha value is -2.00. The summed E-state index contributed by atoms with van der Waals surface area (Å²) in [4.78, 5) is 14.4. The van der Waals surface area contributed by atoms with Gasteiger partial charge in [-0.15, -0.1) is 0 Å². The second-order valence-electron chi connectivity index (χ2n) is 5.46. The van der Waals surface area contributed by atoms with Crippen LogP contribution in [0.5, 0.6) is 5.75 Å². The Morgan fingerprint density at radius 1 is 1.09 bits per heavy atom. The summed E-state index contributed by atoms with van der Waals surface area (Å²) >= 11 is 6.04. The van der Waals surface area contributed by atoms with Crippen molar-refractivity contribution in [1.29, 1.82) is 0 Å². The quantitative estimate of drug-likeness (QED) is 0.809. The number of ether oxygens (including phenoxy) is 1. The van der Waals surface area contributed by atoms with E-state index < -0.39 is 0 Å². The number of hydrogen-bond acceptors (Lipinski definition) is 2. The van der Waals surface area contributed by atoms with Gasteiger partial charge in [0.15, 0.2) is 6.61 Å². The topological polar surface area (TPSA) is 29.5 Å². The normalized spacial score (nSPS) is 13.7. The highest BCUT2D eigenvalue weighted by Crippen LogP contribution is 2.29. The molecule has 0 N–H and O–H groups in total. The van der Waals surface area contributed by atoms with E-state index in [0.717, 1.165) is 18.4 Å². The maximum absolute atomic E-state index is 12.5. The van der Waals surface area contributed by atoms with Gasteiger partial charge in [0.2, 0.25) is 0 Å². The van der Waals surface area contributed by atoms with Crippen LogP contribution in [0.25, 0.3) is 0 Å². The second-order valence-corrected chi connectivity index (χ2v) is 5.86. The van der Waals surface area contributed by atoms with Gasteiger partial charge in [-0.05, 0) is 30.5 Å². The SMILES string of the molecule is O=C(COc1ccccc1Cl)N(Cc1ccccc1)C1CC1. The number of nitrogens with zero attached hydrogens (tertiary/aromatic N) is 1. The number of carbonyl (C=O) groups excluding carboxylic acids is 1. The van der Waals surface area contributed by atoms with Crippen LogP contribution in [0.2, 0.25) is 5.02 Å².